The molecular formula is C13H8Cl2N2O. The minimum absolute atomic E-state index is 0.152. The van der Waals surface area contributed by atoms with E-state index < -0.39 is 0 Å². The fourth-order valence-electron chi connectivity index (χ4n) is 1.84. The zero-order chi connectivity index (χ0) is 12.7. The SMILES string of the molecule is Nc1nc2cc(-c3cccc(Cl)c3Cl)ccc2o1. The molecule has 2 N–H and O–H groups in total. The van der Waals surface area contributed by atoms with Crippen molar-refractivity contribution >= 4 is 40.3 Å². The maximum absolute atomic E-state index is 6.18. The topological polar surface area (TPSA) is 52.0 Å². The van der Waals surface area contributed by atoms with Crippen molar-refractivity contribution in [2.75, 3.05) is 5.73 Å². The Kier molecular flexibility index (Phi) is 2.65. The molecule has 1 heterocycles. The molecule has 0 spiro atoms. The molecule has 0 atom stereocenters. The summed E-state index contributed by atoms with van der Waals surface area (Å²) in [4.78, 5) is 4.09. The summed E-state index contributed by atoms with van der Waals surface area (Å²) < 4.78 is 5.22. The zero-order valence-corrected chi connectivity index (χ0v) is 10.7. The molecule has 18 heavy (non-hydrogen) atoms. The molecule has 3 rings (SSSR count). The zero-order valence-electron chi connectivity index (χ0n) is 9.15. The number of halogens is 2. The summed E-state index contributed by atoms with van der Waals surface area (Å²) in [5.41, 5.74) is 8.63. The first-order valence-corrected chi connectivity index (χ1v) is 6.01. The quantitative estimate of drug-likeness (QED) is 0.719. The van der Waals surface area contributed by atoms with Crippen LogP contribution in [-0.4, -0.2) is 4.98 Å². The van der Waals surface area contributed by atoms with Gasteiger partial charge in [0.05, 0.1) is 10.0 Å². The van der Waals surface area contributed by atoms with Crippen LogP contribution in [0, 0.1) is 0 Å². The van der Waals surface area contributed by atoms with Crippen molar-refractivity contribution in [2.24, 2.45) is 0 Å². The van der Waals surface area contributed by atoms with Gasteiger partial charge in [-0.25, -0.2) is 0 Å². The van der Waals surface area contributed by atoms with Gasteiger partial charge in [0.15, 0.2) is 5.58 Å². The minimum Gasteiger partial charge on any atom is -0.424 e. The maximum atomic E-state index is 6.18. The van der Waals surface area contributed by atoms with Gasteiger partial charge in [0.25, 0.3) is 6.01 Å². The summed E-state index contributed by atoms with van der Waals surface area (Å²) in [6.07, 6.45) is 0. The van der Waals surface area contributed by atoms with Crippen LogP contribution in [0.5, 0.6) is 0 Å². The van der Waals surface area contributed by atoms with Crippen LogP contribution in [0.3, 0.4) is 0 Å². The third-order valence-corrected chi connectivity index (χ3v) is 3.49. The van der Waals surface area contributed by atoms with Crippen LogP contribution in [-0.2, 0) is 0 Å². The largest absolute Gasteiger partial charge is 0.424 e. The van der Waals surface area contributed by atoms with E-state index in [1.165, 1.54) is 0 Å². The van der Waals surface area contributed by atoms with E-state index in [1.807, 2.05) is 30.3 Å². The van der Waals surface area contributed by atoms with Crippen LogP contribution < -0.4 is 5.73 Å². The van der Waals surface area contributed by atoms with Gasteiger partial charge in [0.2, 0.25) is 0 Å². The van der Waals surface area contributed by atoms with Gasteiger partial charge in [-0.3, -0.25) is 0 Å². The van der Waals surface area contributed by atoms with Crippen LogP contribution >= 0.6 is 23.2 Å². The van der Waals surface area contributed by atoms with Gasteiger partial charge in [0, 0.05) is 5.56 Å². The second-order valence-electron chi connectivity index (χ2n) is 3.84. The molecule has 3 nitrogen and oxygen atoms in total. The summed E-state index contributed by atoms with van der Waals surface area (Å²) in [5.74, 6) is 0. The lowest BCUT2D eigenvalue weighted by Crippen LogP contribution is -1.82. The molecule has 0 aliphatic heterocycles. The first kappa shape index (κ1) is 11.4. The standard InChI is InChI=1S/C13H8Cl2N2O/c14-9-3-1-2-8(12(9)15)7-4-5-11-10(6-7)17-13(16)18-11/h1-6H,(H2,16,17). The number of hydrogen-bond donors (Lipinski definition) is 1. The van der Waals surface area contributed by atoms with E-state index in [4.69, 9.17) is 33.4 Å². The normalized spacial score (nSPS) is 11.0. The van der Waals surface area contributed by atoms with Crippen molar-refractivity contribution in [3.8, 4) is 11.1 Å². The van der Waals surface area contributed by atoms with Crippen LogP contribution in [0.1, 0.15) is 0 Å². The highest BCUT2D eigenvalue weighted by Gasteiger charge is 2.09. The third kappa shape index (κ3) is 1.82. The number of nitrogen functional groups attached to an aromatic ring is 1. The first-order valence-electron chi connectivity index (χ1n) is 5.25. The molecule has 0 saturated carbocycles. The molecule has 5 heteroatoms. The predicted octanol–water partition coefficient (Wildman–Crippen LogP) is 4.38. The second-order valence-corrected chi connectivity index (χ2v) is 4.62. The molecule has 0 aliphatic rings. The highest BCUT2D eigenvalue weighted by atomic mass is 35.5. The molecule has 0 bridgehead atoms. The van der Waals surface area contributed by atoms with Crippen molar-refractivity contribution in [2.45, 2.75) is 0 Å². The summed E-state index contributed by atoms with van der Waals surface area (Å²) in [5, 5.41) is 1.05. The molecule has 0 saturated heterocycles. The Morgan fingerprint density at radius 1 is 1.11 bits per heavy atom. The lowest BCUT2D eigenvalue weighted by atomic mass is 10.1. The molecule has 90 valence electrons. The molecule has 3 aromatic rings. The van der Waals surface area contributed by atoms with Crippen LogP contribution in [0.2, 0.25) is 10.0 Å². The number of benzene rings is 2. The van der Waals surface area contributed by atoms with Gasteiger partial charge in [-0.2, -0.15) is 4.98 Å². The fraction of sp³-hybridized carbons (Fsp3) is 0. The number of aromatic nitrogens is 1. The number of fused-ring (bicyclic) bond motifs is 1. The first-order chi connectivity index (χ1) is 8.65. The third-order valence-electron chi connectivity index (χ3n) is 2.67. The molecule has 0 radical (unpaired) electrons. The van der Waals surface area contributed by atoms with E-state index in [1.54, 1.807) is 6.07 Å². The summed E-state index contributed by atoms with van der Waals surface area (Å²) in [7, 11) is 0. The van der Waals surface area contributed by atoms with Gasteiger partial charge in [-0.1, -0.05) is 41.4 Å². The van der Waals surface area contributed by atoms with Gasteiger partial charge in [-0.05, 0) is 23.8 Å². The highest BCUT2D eigenvalue weighted by molar-refractivity contribution is 6.43. The highest BCUT2D eigenvalue weighted by Crippen LogP contribution is 2.34. The van der Waals surface area contributed by atoms with Crippen molar-refractivity contribution < 1.29 is 4.42 Å². The van der Waals surface area contributed by atoms with Gasteiger partial charge < -0.3 is 10.2 Å². The van der Waals surface area contributed by atoms with Crippen molar-refractivity contribution in [1.29, 1.82) is 0 Å². The summed E-state index contributed by atoms with van der Waals surface area (Å²) in [6, 6.07) is 11.2. The number of anilines is 1. The predicted molar refractivity (Wildman–Crippen MR) is 73.9 cm³/mol. The Hall–Kier alpha value is -1.71. The van der Waals surface area contributed by atoms with Gasteiger partial charge in [0.1, 0.15) is 5.52 Å². The lowest BCUT2D eigenvalue weighted by Gasteiger charge is -2.05. The Labute approximate surface area is 113 Å². The molecule has 1 aromatic heterocycles. The van der Waals surface area contributed by atoms with Gasteiger partial charge in [-0.15, -0.1) is 0 Å². The van der Waals surface area contributed by atoms with E-state index >= 15 is 0 Å². The Bertz CT molecular complexity index is 737. The Balaban J connectivity index is 2.22. The second kappa shape index (κ2) is 4.19. The minimum atomic E-state index is 0.152. The molecule has 0 fully saturated rings. The Morgan fingerprint density at radius 2 is 1.94 bits per heavy atom. The Morgan fingerprint density at radius 3 is 2.78 bits per heavy atom. The molecule has 0 amide bonds. The summed E-state index contributed by atoms with van der Waals surface area (Å²) >= 11 is 12.2. The van der Waals surface area contributed by atoms with E-state index in [-0.39, 0.29) is 6.01 Å². The molecular weight excluding hydrogens is 271 g/mol. The maximum Gasteiger partial charge on any atom is 0.292 e. The van der Waals surface area contributed by atoms with Crippen LogP contribution in [0.25, 0.3) is 22.2 Å². The fourth-order valence-corrected chi connectivity index (χ4v) is 2.25. The van der Waals surface area contributed by atoms with Crippen molar-refractivity contribution in [1.82, 2.24) is 4.98 Å². The monoisotopic (exact) mass is 278 g/mol. The van der Waals surface area contributed by atoms with Crippen LogP contribution in [0.15, 0.2) is 40.8 Å². The lowest BCUT2D eigenvalue weighted by molar-refractivity contribution is 0.626. The van der Waals surface area contributed by atoms with E-state index in [9.17, 15) is 0 Å². The van der Waals surface area contributed by atoms with Crippen molar-refractivity contribution in [3.05, 3.63) is 46.4 Å². The van der Waals surface area contributed by atoms with E-state index in [0.717, 1.165) is 11.1 Å². The number of nitrogens with two attached hydrogens (primary N) is 1. The number of hydrogen-bond acceptors (Lipinski definition) is 3. The molecule has 0 aliphatic carbocycles. The number of nitrogens with zero attached hydrogens (tertiary/aromatic N) is 1. The van der Waals surface area contributed by atoms with Crippen molar-refractivity contribution in [3.63, 3.8) is 0 Å². The number of oxazole rings is 1. The summed E-state index contributed by atoms with van der Waals surface area (Å²) in [6.45, 7) is 0. The smallest absolute Gasteiger partial charge is 0.292 e. The molecule has 2 aromatic carbocycles. The number of rotatable bonds is 1. The van der Waals surface area contributed by atoms with E-state index in [0.29, 0.717) is 21.1 Å². The molecule has 0 unspecified atom stereocenters. The van der Waals surface area contributed by atoms with E-state index in [2.05, 4.69) is 4.98 Å². The average molecular weight is 279 g/mol. The average Bonchev–Trinajstić information content (AvgIpc) is 2.71. The van der Waals surface area contributed by atoms with Crippen LogP contribution in [0.4, 0.5) is 6.01 Å². The van der Waals surface area contributed by atoms with Gasteiger partial charge >= 0.3 is 0 Å².